The highest BCUT2D eigenvalue weighted by atomic mass is 35.5. The summed E-state index contributed by atoms with van der Waals surface area (Å²) in [4.78, 5) is 2.38. The minimum Gasteiger partial charge on any atom is -0.349 e. The van der Waals surface area contributed by atoms with Crippen LogP contribution in [0.4, 0.5) is 33.3 Å². The van der Waals surface area contributed by atoms with Crippen LogP contribution >= 0.6 is 11.6 Å². The molecule has 2 rings (SSSR count). The van der Waals surface area contributed by atoms with Gasteiger partial charge in [-0.25, -0.2) is 4.39 Å². The van der Waals surface area contributed by atoms with Gasteiger partial charge in [-0.05, 0) is 18.2 Å². The zero-order valence-electron chi connectivity index (χ0n) is 8.95. The molecule has 0 spiro atoms. The van der Waals surface area contributed by atoms with Crippen molar-refractivity contribution >= 4 is 23.0 Å². The summed E-state index contributed by atoms with van der Waals surface area (Å²) in [6, 6.07) is 2.94. The zero-order chi connectivity index (χ0) is 14.2. The Bertz CT molecular complexity index is 621. The molecular formula is C11H4ClF5N2. The van der Waals surface area contributed by atoms with E-state index in [1.165, 1.54) is 0 Å². The summed E-state index contributed by atoms with van der Waals surface area (Å²) in [6.45, 7) is 0. The first kappa shape index (κ1) is 13.5. The van der Waals surface area contributed by atoms with Crippen molar-refractivity contribution in [2.75, 3.05) is 5.32 Å². The van der Waals surface area contributed by atoms with Gasteiger partial charge in [-0.1, -0.05) is 11.6 Å². The van der Waals surface area contributed by atoms with E-state index < -0.39 is 35.0 Å². The van der Waals surface area contributed by atoms with E-state index in [1.54, 1.807) is 0 Å². The Morgan fingerprint density at radius 1 is 0.947 bits per heavy atom. The topological polar surface area (TPSA) is 24.9 Å². The van der Waals surface area contributed by atoms with E-state index in [1.807, 2.05) is 5.32 Å². The number of aromatic nitrogens is 1. The van der Waals surface area contributed by atoms with E-state index in [9.17, 15) is 22.0 Å². The minimum atomic E-state index is -1.83. The first-order valence-corrected chi connectivity index (χ1v) is 5.20. The SMILES string of the molecule is Fc1ccc(Cl)c(Nc2c(F)c(F)nc(F)c2F)c1. The quantitative estimate of drug-likeness (QED) is 0.664. The lowest BCUT2D eigenvalue weighted by molar-refractivity contribution is 0.411. The van der Waals surface area contributed by atoms with Crippen molar-refractivity contribution in [3.8, 4) is 0 Å². The summed E-state index contributed by atoms with van der Waals surface area (Å²) < 4.78 is 65.3. The summed E-state index contributed by atoms with van der Waals surface area (Å²) >= 11 is 5.65. The van der Waals surface area contributed by atoms with Gasteiger partial charge in [0.15, 0.2) is 0 Å². The monoisotopic (exact) mass is 294 g/mol. The predicted octanol–water partition coefficient (Wildman–Crippen LogP) is 4.17. The van der Waals surface area contributed by atoms with Gasteiger partial charge in [0.2, 0.25) is 11.6 Å². The summed E-state index contributed by atoms with van der Waals surface area (Å²) in [5.41, 5.74) is -1.39. The van der Waals surface area contributed by atoms with E-state index in [0.717, 1.165) is 18.2 Å². The first-order valence-electron chi connectivity index (χ1n) is 4.82. The standard InChI is InChI=1S/C11H4ClF5N2/c12-5-2-1-4(13)3-6(5)18-9-7(14)10(16)19-11(17)8(9)15/h1-3H,(H,18,19). The molecule has 1 N–H and O–H groups in total. The van der Waals surface area contributed by atoms with Crippen LogP contribution in [0.2, 0.25) is 5.02 Å². The second-order valence-corrected chi connectivity index (χ2v) is 3.85. The fourth-order valence-electron chi connectivity index (χ4n) is 1.32. The first-order chi connectivity index (χ1) is 8.90. The molecule has 2 nitrogen and oxygen atoms in total. The predicted molar refractivity (Wildman–Crippen MR) is 58.8 cm³/mol. The normalized spacial score (nSPS) is 10.6. The van der Waals surface area contributed by atoms with Gasteiger partial charge in [-0.15, -0.1) is 0 Å². The number of halogens is 6. The number of nitrogens with one attached hydrogen (secondary N) is 1. The Morgan fingerprint density at radius 2 is 1.53 bits per heavy atom. The van der Waals surface area contributed by atoms with Gasteiger partial charge in [0.05, 0.1) is 10.7 Å². The average molecular weight is 295 g/mol. The molecule has 1 aromatic carbocycles. The highest BCUT2D eigenvalue weighted by Crippen LogP contribution is 2.30. The van der Waals surface area contributed by atoms with Crippen molar-refractivity contribution in [3.05, 3.63) is 52.6 Å². The van der Waals surface area contributed by atoms with Crippen LogP contribution in [0.1, 0.15) is 0 Å². The number of hydrogen-bond donors (Lipinski definition) is 1. The molecule has 0 atom stereocenters. The summed E-state index contributed by atoms with van der Waals surface area (Å²) in [5, 5.41) is 1.90. The summed E-state index contributed by atoms with van der Waals surface area (Å²) in [6.07, 6.45) is 0. The highest BCUT2D eigenvalue weighted by molar-refractivity contribution is 6.33. The molecule has 0 fully saturated rings. The van der Waals surface area contributed by atoms with Crippen molar-refractivity contribution in [2.24, 2.45) is 0 Å². The summed E-state index contributed by atoms with van der Waals surface area (Å²) in [5.74, 6) is -7.87. The third-order valence-corrected chi connectivity index (χ3v) is 2.52. The number of pyridine rings is 1. The van der Waals surface area contributed by atoms with Crippen LogP contribution in [-0.2, 0) is 0 Å². The van der Waals surface area contributed by atoms with Gasteiger partial charge in [0.1, 0.15) is 11.5 Å². The van der Waals surface area contributed by atoms with E-state index in [0.29, 0.717) is 0 Å². The van der Waals surface area contributed by atoms with Crippen LogP contribution in [0.5, 0.6) is 0 Å². The molecule has 0 aliphatic carbocycles. The van der Waals surface area contributed by atoms with Crippen molar-refractivity contribution in [3.63, 3.8) is 0 Å². The molecule has 0 amide bonds. The molecule has 0 unspecified atom stereocenters. The van der Waals surface area contributed by atoms with E-state index in [4.69, 9.17) is 11.6 Å². The lowest BCUT2D eigenvalue weighted by atomic mass is 10.2. The molecule has 0 saturated heterocycles. The van der Waals surface area contributed by atoms with Gasteiger partial charge in [0, 0.05) is 0 Å². The molecule has 0 bridgehead atoms. The number of anilines is 2. The van der Waals surface area contributed by atoms with Crippen molar-refractivity contribution in [1.29, 1.82) is 0 Å². The smallest absolute Gasteiger partial charge is 0.253 e. The molecule has 2 aromatic rings. The van der Waals surface area contributed by atoms with Gasteiger partial charge in [-0.3, -0.25) is 0 Å². The maximum atomic E-state index is 13.3. The second-order valence-electron chi connectivity index (χ2n) is 3.45. The molecule has 8 heteroatoms. The Morgan fingerprint density at radius 3 is 2.11 bits per heavy atom. The van der Waals surface area contributed by atoms with Crippen molar-refractivity contribution in [1.82, 2.24) is 4.98 Å². The fraction of sp³-hybridized carbons (Fsp3) is 0. The third-order valence-electron chi connectivity index (χ3n) is 2.19. The number of benzene rings is 1. The molecule has 0 radical (unpaired) electrons. The van der Waals surface area contributed by atoms with Crippen LogP contribution in [0.25, 0.3) is 0 Å². The molecule has 0 saturated carbocycles. The fourth-order valence-corrected chi connectivity index (χ4v) is 1.49. The van der Waals surface area contributed by atoms with Gasteiger partial charge >= 0.3 is 0 Å². The lowest BCUT2D eigenvalue weighted by Crippen LogP contribution is -2.06. The van der Waals surface area contributed by atoms with Crippen molar-refractivity contribution in [2.45, 2.75) is 0 Å². The van der Waals surface area contributed by atoms with Crippen LogP contribution in [0, 0.1) is 29.3 Å². The van der Waals surface area contributed by atoms with E-state index >= 15 is 0 Å². The van der Waals surface area contributed by atoms with Gasteiger partial charge in [0.25, 0.3) is 11.9 Å². The number of nitrogens with zero attached hydrogens (tertiary/aromatic N) is 1. The zero-order valence-corrected chi connectivity index (χ0v) is 9.70. The lowest BCUT2D eigenvalue weighted by Gasteiger charge is -2.10. The Labute approximate surface area is 108 Å². The molecule has 0 aliphatic rings. The van der Waals surface area contributed by atoms with Gasteiger partial charge in [-0.2, -0.15) is 22.5 Å². The maximum absolute atomic E-state index is 13.3. The molecule has 0 aliphatic heterocycles. The molecule has 100 valence electrons. The Hall–Kier alpha value is -1.89. The Kier molecular flexibility index (Phi) is 3.57. The molecule has 19 heavy (non-hydrogen) atoms. The maximum Gasteiger partial charge on any atom is 0.253 e. The van der Waals surface area contributed by atoms with Crippen LogP contribution in [0.3, 0.4) is 0 Å². The minimum absolute atomic E-state index is 0.0853. The Balaban J connectivity index is 2.52. The molecule has 1 heterocycles. The van der Waals surface area contributed by atoms with Gasteiger partial charge < -0.3 is 5.32 Å². The number of rotatable bonds is 2. The van der Waals surface area contributed by atoms with Crippen LogP contribution in [0.15, 0.2) is 18.2 Å². The van der Waals surface area contributed by atoms with Crippen LogP contribution in [-0.4, -0.2) is 4.98 Å². The second kappa shape index (κ2) is 5.00. The number of hydrogen-bond acceptors (Lipinski definition) is 2. The third kappa shape index (κ3) is 2.60. The van der Waals surface area contributed by atoms with E-state index in [-0.39, 0.29) is 10.7 Å². The average Bonchev–Trinajstić information content (AvgIpc) is 2.36. The molecule has 1 aromatic heterocycles. The summed E-state index contributed by atoms with van der Waals surface area (Å²) in [7, 11) is 0. The molecular weight excluding hydrogens is 291 g/mol. The largest absolute Gasteiger partial charge is 0.349 e. The van der Waals surface area contributed by atoms with Crippen molar-refractivity contribution < 1.29 is 22.0 Å². The van der Waals surface area contributed by atoms with Crippen LogP contribution < -0.4 is 5.32 Å². The highest BCUT2D eigenvalue weighted by Gasteiger charge is 2.21. The van der Waals surface area contributed by atoms with E-state index in [2.05, 4.69) is 4.98 Å².